The van der Waals surface area contributed by atoms with Crippen LogP contribution in [-0.2, 0) is 4.74 Å². The summed E-state index contributed by atoms with van der Waals surface area (Å²) in [6, 6.07) is 8.38. The second-order valence-corrected chi connectivity index (χ2v) is 9.94. The fourth-order valence-electron chi connectivity index (χ4n) is 3.65. The third kappa shape index (κ3) is 8.40. The Labute approximate surface area is 197 Å². The number of hydrogen-bond donors (Lipinski definition) is 2. The number of fused-ring (bicyclic) bond motifs is 1. The first-order chi connectivity index (χ1) is 15.4. The lowest BCUT2D eigenvalue weighted by Crippen LogP contribution is -2.27. The smallest absolute Gasteiger partial charge is 0.405 e. The zero-order chi connectivity index (χ0) is 24.8. The van der Waals surface area contributed by atoms with Crippen LogP contribution in [0.3, 0.4) is 0 Å². The lowest BCUT2D eigenvalue weighted by atomic mass is 10.00. The van der Waals surface area contributed by atoms with E-state index in [-0.39, 0.29) is 0 Å². The summed E-state index contributed by atoms with van der Waals surface area (Å²) >= 11 is 0. The van der Waals surface area contributed by atoms with Crippen molar-refractivity contribution in [2.45, 2.75) is 67.4 Å². The molecule has 33 heavy (non-hydrogen) atoms. The number of carbonyl (C=O) groups is 1. The molecule has 2 heterocycles. The summed E-state index contributed by atoms with van der Waals surface area (Å²) in [7, 11) is 0. The second-order valence-electron chi connectivity index (χ2n) is 9.94. The zero-order valence-electron chi connectivity index (χ0n) is 21.2. The summed E-state index contributed by atoms with van der Waals surface area (Å²) in [6.07, 6.45) is 2.27. The van der Waals surface area contributed by atoms with Crippen molar-refractivity contribution in [1.82, 2.24) is 15.0 Å². The Hall–Kier alpha value is -3.09. The summed E-state index contributed by atoms with van der Waals surface area (Å²) in [5.74, 6) is 3.11. The second kappa shape index (κ2) is 11.2. The van der Waals surface area contributed by atoms with E-state index in [1.165, 1.54) is 6.42 Å². The molecular weight excluding hydrogens is 416 g/mol. The van der Waals surface area contributed by atoms with Crippen molar-refractivity contribution in [1.29, 1.82) is 0 Å². The maximum atomic E-state index is 10.0. The van der Waals surface area contributed by atoms with Crippen LogP contribution in [0.5, 0.6) is 5.75 Å². The molecule has 180 valence electrons. The summed E-state index contributed by atoms with van der Waals surface area (Å²) in [4.78, 5) is 22.1. The van der Waals surface area contributed by atoms with E-state index in [2.05, 4.69) is 65.6 Å². The Morgan fingerprint density at radius 1 is 1.15 bits per heavy atom. The summed E-state index contributed by atoms with van der Waals surface area (Å²) < 4.78 is 10.6. The maximum absolute atomic E-state index is 10.0. The molecule has 7 heteroatoms. The average molecular weight is 455 g/mol. The first-order valence-electron chi connectivity index (χ1n) is 11.4. The van der Waals surface area contributed by atoms with E-state index in [1.807, 2.05) is 19.2 Å². The fourth-order valence-corrected chi connectivity index (χ4v) is 3.65. The minimum absolute atomic E-state index is 0.453. The molecule has 0 fully saturated rings. The molecular formula is C26H38N4O3. The molecule has 0 aliphatic carbocycles. The van der Waals surface area contributed by atoms with E-state index in [9.17, 15) is 4.79 Å². The van der Waals surface area contributed by atoms with Gasteiger partial charge in [0.05, 0.1) is 12.1 Å². The van der Waals surface area contributed by atoms with Gasteiger partial charge in [0.15, 0.2) is 5.65 Å². The van der Waals surface area contributed by atoms with E-state index in [0.29, 0.717) is 11.8 Å². The van der Waals surface area contributed by atoms with Crippen molar-refractivity contribution >= 4 is 17.3 Å². The zero-order valence-corrected chi connectivity index (χ0v) is 21.2. The number of H-pyrrole nitrogens is 1. The van der Waals surface area contributed by atoms with E-state index in [1.54, 1.807) is 20.8 Å². The quantitative estimate of drug-likeness (QED) is 0.463. The Morgan fingerprint density at radius 2 is 1.85 bits per heavy atom. The number of carbonyl (C=O) groups excluding carboxylic acids is 1. The fraction of sp³-hybridized carbons (Fsp3) is 0.500. The summed E-state index contributed by atoms with van der Waals surface area (Å²) in [5, 5.41) is 0. The molecule has 1 amide bonds. The van der Waals surface area contributed by atoms with Crippen molar-refractivity contribution in [3.05, 3.63) is 41.9 Å². The van der Waals surface area contributed by atoms with Crippen LogP contribution in [0.1, 0.15) is 59.4 Å². The number of amides is 1. The number of nitrogens with zero attached hydrogens (tertiary/aromatic N) is 2. The first kappa shape index (κ1) is 26.2. The highest BCUT2D eigenvalue weighted by molar-refractivity contribution is 5.89. The molecule has 1 unspecified atom stereocenters. The standard InChI is InChI=1S/C21H27N3O.C5H11NO2/c1-13(2)10-14(3)12-25-19-7-6-17(11-15(19)4)18-8-9-22-21-20(18)23-16(5)24-21;1-5(2,3)8-4(6)7/h6-9,11,13-14H,10,12H2,1-5H3,(H,22,23,24);1-3H3,(H2,6,7). The van der Waals surface area contributed by atoms with Crippen LogP contribution in [-0.4, -0.2) is 33.3 Å². The van der Waals surface area contributed by atoms with Gasteiger partial charge in [-0.3, -0.25) is 0 Å². The Morgan fingerprint density at radius 3 is 2.39 bits per heavy atom. The third-order valence-corrected chi connectivity index (χ3v) is 4.80. The molecule has 0 aliphatic heterocycles. The predicted molar refractivity (Wildman–Crippen MR) is 133 cm³/mol. The molecule has 1 aromatic carbocycles. The van der Waals surface area contributed by atoms with Gasteiger partial charge in [-0.25, -0.2) is 14.8 Å². The number of hydrogen-bond acceptors (Lipinski definition) is 5. The number of primary amides is 1. The molecule has 0 saturated carbocycles. The molecule has 7 nitrogen and oxygen atoms in total. The van der Waals surface area contributed by atoms with Crippen LogP contribution in [0.4, 0.5) is 4.79 Å². The molecule has 0 aliphatic rings. The van der Waals surface area contributed by atoms with Crippen molar-refractivity contribution in [3.63, 3.8) is 0 Å². The first-order valence-corrected chi connectivity index (χ1v) is 11.4. The van der Waals surface area contributed by atoms with Crippen LogP contribution in [0.25, 0.3) is 22.3 Å². The Balaban J connectivity index is 0.000000414. The van der Waals surface area contributed by atoms with Gasteiger partial charge in [-0.2, -0.15) is 0 Å². The van der Waals surface area contributed by atoms with E-state index in [0.717, 1.165) is 46.0 Å². The predicted octanol–water partition coefficient (Wildman–Crippen LogP) is 6.18. The number of imidazole rings is 1. The van der Waals surface area contributed by atoms with E-state index < -0.39 is 11.7 Å². The highest BCUT2D eigenvalue weighted by Gasteiger charge is 2.13. The molecule has 0 radical (unpaired) electrons. The lowest BCUT2D eigenvalue weighted by Gasteiger charge is -2.16. The van der Waals surface area contributed by atoms with Gasteiger partial charge >= 0.3 is 6.09 Å². The van der Waals surface area contributed by atoms with Gasteiger partial charge in [-0.15, -0.1) is 0 Å². The minimum Gasteiger partial charge on any atom is -0.493 e. The van der Waals surface area contributed by atoms with E-state index in [4.69, 9.17) is 10.5 Å². The van der Waals surface area contributed by atoms with Crippen LogP contribution in [0.2, 0.25) is 0 Å². The lowest BCUT2D eigenvalue weighted by molar-refractivity contribution is 0.0600. The topological polar surface area (TPSA) is 103 Å². The van der Waals surface area contributed by atoms with Gasteiger partial charge in [0, 0.05) is 11.8 Å². The number of aryl methyl sites for hydroxylation is 2. The van der Waals surface area contributed by atoms with Crippen molar-refractivity contribution in [3.8, 4) is 16.9 Å². The molecule has 2 aromatic heterocycles. The summed E-state index contributed by atoms with van der Waals surface area (Å²) in [6.45, 7) is 16.9. The van der Waals surface area contributed by atoms with Gasteiger partial charge in [0.2, 0.25) is 0 Å². The van der Waals surface area contributed by atoms with Crippen LogP contribution in [0, 0.1) is 25.7 Å². The van der Waals surface area contributed by atoms with Gasteiger partial charge in [0.25, 0.3) is 0 Å². The molecule has 3 N–H and O–H groups in total. The SMILES string of the molecule is CC(C)(C)OC(N)=O.Cc1nc2nccc(-c3ccc(OCC(C)CC(C)C)c(C)c3)c2[nH]1. The molecule has 3 aromatic rings. The average Bonchev–Trinajstić information content (AvgIpc) is 3.05. The molecule has 3 rings (SSSR count). The Bertz CT molecular complexity index is 1070. The van der Waals surface area contributed by atoms with Crippen molar-refractivity contribution in [2.75, 3.05) is 6.61 Å². The number of nitrogens with two attached hydrogens (primary N) is 1. The minimum atomic E-state index is -0.725. The number of nitrogens with one attached hydrogen (secondary N) is 1. The van der Waals surface area contributed by atoms with E-state index >= 15 is 0 Å². The Kier molecular flexibility index (Phi) is 8.85. The highest BCUT2D eigenvalue weighted by Crippen LogP contribution is 2.30. The number of rotatable bonds is 6. The molecule has 0 bridgehead atoms. The number of aromatic nitrogens is 3. The van der Waals surface area contributed by atoms with Gasteiger partial charge in [-0.1, -0.05) is 26.8 Å². The molecule has 0 spiro atoms. The normalized spacial score (nSPS) is 12.3. The van der Waals surface area contributed by atoms with Crippen LogP contribution >= 0.6 is 0 Å². The van der Waals surface area contributed by atoms with Gasteiger partial charge in [0.1, 0.15) is 17.2 Å². The monoisotopic (exact) mass is 454 g/mol. The summed E-state index contributed by atoms with van der Waals surface area (Å²) in [5.41, 5.74) is 9.43. The number of ether oxygens (including phenoxy) is 2. The number of pyridine rings is 1. The molecule has 1 atom stereocenters. The van der Waals surface area contributed by atoms with Crippen LogP contribution < -0.4 is 10.5 Å². The highest BCUT2D eigenvalue weighted by atomic mass is 16.6. The van der Waals surface area contributed by atoms with Crippen molar-refractivity contribution in [2.24, 2.45) is 17.6 Å². The largest absolute Gasteiger partial charge is 0.493 e. The van der Waals surface area contributed by atoms with Crippen LogP contribution in [0.15, 0.2) is 30.5 Å². The number of benzene rings is 1. The maximum Gasteiger partial charge on any atom is 0.405 e. The third-order valence-electron chi connectivity index (χ3n) is 4.80. The van der Waals surface area contributed by atoms with Gasteiger partial charge < -0.3 is 20.2 Å². The van der Waals surface area contributed by atoms with Gasteiger partial charge in [-0.05, 0) is 82.2 Å². The van der Waals surface area contributed by atoms with Crippen molar-refractivity contribution < 1.29 is 14.3 Å². The molecule has 0 saturated heterocycles. The number of aromatic amines is 1.